The molecule has 0 amide bonds. The summed E-state index contributed by atoms with van der Waals surface area (Å²) < 4.78 is 1.47. The smallest absolute Gasteiger partial charge is 0.294 e. The summed E-state index contributed by atoms with van der Waals surface area (Å²) in [5.74, 6) is 0.0557. The Morgan fingerprint density at radius 2 is 2.08 bits per heavy atom. The largest absolute Gasteiger partial charge is 0.330 e. The first-order valence-corrected chi connectivity index (χ1v) is 9.08. The maximum atomic E-state index is 12.6. The number of hydrogen-bond donors (Lipinski definition) is 1. The second kappa shape index (κ2) is 5.77. The molecule has 4 rings (SSSR count). The molecule has 1 N–H and O–H groups in total. The van der Waals surface area contributed by atoms with Gasteiger partial charge in [0.1, 0.15) is 5.65 Å². The standard InChI is InChI=1S/C18H17N3O3S/c1-9(2)21-16-15(17(23)20-18(21)24)11-6-10(14-4-3-5-25-14)7-13(22)12(11)8-19-16/h3-5,8-10H,6-7H2,1-2H3,(H,20,23,24)/t10-/m0/s1. The van der Waals surface area contributed by atoms with Gasteiger partial charge in [0.2, 0.25) is 0 Å². The van der Waals surface area contributed by atoms with Gasteiger partial charge in [-0.1, -0.05) is 6.07 Å². The van der Waals surface area contributed by atoms with E-state index in [0.29, 0.717) is 35.0 Å². The summed E-state index contributed by atoms with van der Waals surface area (Å²) in [6.07, 6.45) is 2.53. The molecule has 0 aromatic carbocycles. The second-order valence-electron chi connectivity index (χ2n) is 6.62. The molecule has 0 saturated heterocycles. The summed E-state index contributed by atoms with van der Waals surface area (Å²) in [4.78, 5) is 45.1. The maximum Gasteiger partial charge on any atom is 0.330 e. The van der Waals surface area contributed by atoms with E-state index in [-0.39, 0.29) is 17.7 Å². The van der Waals surface area contributed by atoms with E-state index in [2.05, 4.69) is 9.97 Å². The molecule has 128 valence electrons. The molecule has 3 aromatic rings. The molecule has 0 spiro atoms. The number of fused-ring (bicyclic) bond motifs is 3. The highest BCUT2D eigenvalue weighted by molar-refractivity contribution is 7.10. The highest BCUT2D eigenvalue weighted by Crippen LogP contribution is 2.36. The Hall–Kier alpha value is -2.54. The van der Waals surface area contributed by atoms with Crippen LogP contribution in [0.5, 0.6) is 0 Å². The van der Waals surface area contributed by atoms with Gasteiger partial charge >= 0.3 is 5.69 Å². The zero-order chi connectivity index (χ0) is 17.7. The van der Waals surface area contributed by atoms with E-state index in [9.17, 15) is 14.4 Å². The van der Waals surface area contributed by atoms with Crippen LogP contribution in [-0.2, 0) is 6.42 Å². The van der Waals surface area contributed by atoms with Gasteiger partial charge in [0.25, 0.3) is 5.56 Å². The van der Waals surface area contributed by atoms with Gasteiger partial charge in [-0.15, -0.1) is 11.3 Å². The number of rotatable bonds is 2. The van der Waals surface area contributed by atoms with Gasteiger partial charge in [0.05, 0.1) is 5.39 Å². The van der Waals surface area contributed by atoms with Gasteiger partial charge in [0, 0.05) is 35.0 Å². The fourth-order valence-corrected chi connectivity index (χ4v) is 4.41. The Morgan fingerprint density at radius 1 is 1.28 bits per heavy atom. The van der Waals surface area contributed by atoms with Crippen LogP contribution in [0.15, 0.2) is 33.3 Å². The third-order valence-electron chi connectivity index (χ3n) is 4.71. The molecule has 6 nitrogen and oxygen atoms in total. The zero-order valence-corrected chi connectivity index (χ0v) is 14.7. The number of aromatic amines is 1. The average molecular weight is 355 g/mol. The number of nitrogens with one attached hydrogen (secondary N) is 1. The molecular weight excluding hydrogens is 338 g/mol. The lowest BCUT2D eigenvalue weighted by atomic mass is 9.82. The Morgan fingerprint density at radius 3 is 2.76 bits per heavy atom. The van der Waals surface area contributed by atoms with Gasteiger partial charge in [-0.25, -0.2) is 9.78 Å². The predicted molar refractivity (Wildman–Crippen MR) is 96.7 cm³/mol. The van der Waals surface area contributed by atoms with Crippen molar-refractivity contribution in [1.82, 2.24) is 14.5 Å². The molecule has 0 aliphatic heterocycles. The summed E-state index contributed by atoms with van der Waals surface area (Å²) in [6.45, 7) is 3.72. The molecule has 3 aromatic heterocycles. The lowest BCUT2D eigenvalue weighted by Crippen LogP contribution is -2.33. The van der Waals surface area contributed by atoms with Crippen molar-refractivity contribution < 1.29 is 4.79 Å². The third kappa shape index (κ3) is 2.46. The van der Waals surface area contributed by atoms with Crippen LogP contribution in [0.2, 0.25) is 0 Å². The highest BCUT2D eigenvalue weighted by atomic mass is 32.1. The zero-order valence-electron chi connectivity index (χ0n) is 13.9. The Bertz CT molecular complexity index is 1090. The van der Waals surface area contributed by atoms with Crippen molar-refractivity contribution in [3.8, 4) is 0 Å². The first-order chi connectivity index (χ1) is 12.0. The van der Waals surface area contributed by atoms with E-state index in [1.807, 2.05) is 31.4 Å². The number of carbonyl (C=O) groups is 1. The van der Waals surface area contributed by atoms with Gasteiger partial charge in [-0.05, 0) is 37.3 Å². The lowest BCUT2D eigenvalue weighted by Gasteiger charge is -2.24. The van der Waals surface area contributed by atoms with Crippen molar-refractivity contribution in [2.75, 3.05) is 0 Å². The summed E-state index contributed by atoms with van der Waals surface area (Å²) >= 11 is 1.62. The van der Waals surface area contributed by atoms with Crippen LogP contribution < -0.4 is 11.2 Å². The monoisotopic (exact) mass is 355 g/mol. The first-order valence-electron chi connectivity index (χ1n) is 8.20. The summed E-state index contributed by atoms with van der Waals surface area (Å²) in [5.41, 5.74) is 0.606. The number of ketones is 1. The summed E-state index contributed by atoms with van der Waals surface area (Å²) in [6, 6.07) is 3.84. The van der Waals surface area contributed by atoms with Crippen LogP contribution in [-0.4, -0.2) is 20.3 Å². The maximum absolute atomic E-state index is 12.6. The molecule has 3 heterocycles. The van der Waals surface area contributed by atoms with E-state index in [4.69, 9.17) is 0 Å². The van der Waals surface area contributed by atoms with E-state index in [1.165, 1.54) is 10.8 Å². The minimum Gasteiger partial charge on any atom is -0.294 e. The van der Waals surface area contributed by atoms with Crippen LogP contribution >= 0.6 is 11.3 Å². The quantitative estimate of drug-likeness (QED) is 0.766. The Balaban J connectivity index is 2.01. The number of aromatic nitrogens is 3. The van der Waals surface area contributed by atoms with Gasteiger partial charge < -0.3 is 0 Å². The van der Waals surface area contributed by atoms with E-state index >= 15 is 0 Å². The minimum atomic E-state index is -0.475. The Kier molecular flexibility index (Phi) is 3.68. The molecule has 1 atom stereocenters. The highest BCUT2D eigenvalue weighted by Gasteiger charge is 2.30. The molecule has 0 saturated carbocycles. The predicted octanol–water partition coefficient (Wildman–Crippen LogP) is 2.64. The third-order valence-corrected chi connectivity index (χ3v) is 5.74. The topological polar surface area (TPSA) is 84.8 Å². The number of thiophene rings is 1. The molecule has 1 aliphatic carbocycles. The SMILES string of the molecule is CC(C)n1c(=O)[nH]c(=O)c2c3c(cnc21)C(=O)C[C@@H](c1cccs1)C3. The Labute approximate surface area is 147 Å². The number of nitrogens with zero attached hydrogens (tertiary/aromatic N) is 2. The average Bonchev–Trinajstić information content (AvgIpc) is 3.08. The van der Waals surface area contributed by atoms with Crippen LogP contribution in [0.25, 0.3) is 11.0 Å². The van der Waals surface area contributed by atoms with E-state index < -0.39 is 11.2 Å². The van der Waals surface area contributed by atoms with Crippen molar-refractivity contribution >= 4 is 28.2 Å². The molecule has 0 radical (unpaired) electrons. The summed E-state index contributed by atoms with van der Waals surface area (Å²) in [7, 11) is 0. The van der Waals surface area contributed by atoms with Crippen molar-refractivity contribution in [2.45, 2.75) is 38.6 Å². The molecule has 0 fully saturated rings. The first kappa shape index (κ1) is 16.0. The minimum absolute atomic E-state index is 0.00394. The van der Waals surface area contributed by atoms with Crippen LogP contribution in [0.4, 0.5) is 0 Å². The molecular formula is C18H17N3O3S. The number of H-pyrrole nitrogens is 1. The summed E-state index contributed by atoms with van der Waals surface area (Å²) in [5, 5.41) is 2.35. The normalized spacial score (nSPS) is 17.2. The van der Waals surface area contributed by atoms with Gasteiger partial charge in [-0.2, -0.15) is 0 Å². The molecule has 0 bridgehead atoms. The fraction of sp³-hybridized carbons (Fsp3) is 0.333. The van der Waals surface area contributed by atoms with E-state index in [1.54, 1.807) is 11.3 Å². The molecule has 7 heteroatoms. The van der Waals surface area contributed by atoms with Crippen LogP contribution in [0.3, 0.4) is 0 Å². The van der Waals surface area contributed by atoms with Crippen LogP contribution in [0, 0.1) is 0 Å². The number of pyridine rings is 1. The number of Topliss-reactive ketones (excluding diaryl/α,β-unsaturated/α-hetero) is 1. The van der Waals surface area contributed by atoms with E-state index in [0.717, 1.165) is 4.88 Å². The van der Waals surface area contributed by atoms with Crippen molar-refractivity contribution in [3.63, 3.8) is 0 Å². The number of carbonyl (C=O) groups excluding carboxylic acids is 1. The van der Waals surface area contributed by atoms with Crippen LogP contribution in [0.1, 0.15) is 53.0 Å². The molecule has 0 unspecified atom stereocenters. The fourth-order valence-electron chi connectivity index (χ4n) is 3.58. The second-order valence-corrected chi connectivity index (χ2v) is 7.60. The molecule has 1 aliphatic rings. The van der Waals surface area contributed by atoms with Crippen molar-refractivity contribution in [2.24, 2.45) is 0 Å². The van der Waals surface area contributed by atoms with Crippen molar-refractivity contribution in [3.05, 3.63) is 60.6 Å². The lowest BCUT2D eigenvalue weighted by molar-refractivity contribution is 0.0964. The van der Waals surface area contributed by atoms with Gasteiger partial charge in [0.15, 0.2) is 5.78 Å². The number of hydrogen-bond acceptors (Lipinski definition) is 5. The van der Waals surface area contributed by atoms with Gasteiger partial charge in [-0.3, -0.25) is 19.1 Å². The van der Waals surface area contributed by atoms with Crippen molar-refractivity contribution in [1.29, 1.82) is 0 Å². The molecule has 25 heavy (non-hydrogen) atoms.